The predicted molar refractivity (Wildman–Crippen MR) is 380 cm³/mol. The van der Waals surface area contributed by atoms with Gasteiger partial charge in [-0.2, -0.15) is 0 Å². The zero-order chi connectivity index (χ0) is 61.1. The molecule has 0 bridgehead atoms. The number of rotatable bonds is 61. The molecule has 0 unspecified atom stereocenters. The Morgan fingerprint density at radius 1 is 0.259 bits per heavy atom. The van der Waals surface area contributed by atoms with Crippen LogP contribution in [0.5, 0.6) is 0 Å². The van der Waals surface area contributed by atoms with E-state index in [1.54, 1.807) is 14.5 Å². The summed E-state index contributed by atoms with van der Waals surface area (Å²) in [6, 6.07) is 14.4. The van der Waals surface area contributed by atoms with Crippen molar-refractivity contribution >= 4 is 11.4 Å². The van der Waals surface area contributed by atoms with Crippen LogP contribution in [0, 0.1) is 0 Å². The van der Waals surface area contributed by atoms with E-state index in [1.807, 2.05) is 0 Å². The summed E-state index contributed by atoms with van der Waals surface area (Å²) in [5.74, 6) is 0. The van der Waals surface area contributed by atoms with Crippen molar-refractivity contribution in [3.63, 3.8) is 0 Å². The standard InChI is InChI=1S/C42H64N2.2C20H41.Pd/c1-6-11-16-19-24-36-27-34(22-14-9-4)29-39(30-36)41-33-38(26-21-18-13-8-3)42(44(41)43)40-31-35(23-15-10-5)28-37(32-40)25-20-17-12-7-2;2*1-3-5-7-9-11-13-15-17-19-20-18-16-14-12-10-8-6-4-2;/h27-33H,6-26H2,1-5H3;2*1,3-20H2,2H3;. The molecule has 0 amide bonds. The molecule has 1 aliphatic rings. The molecule has 3 heteroatoms. The molecule has 2 nitrogen and oxygen atoms in total. The van der Waals surface area contributed by atoms with Gasteiger partial charge in [-0.15, -0.1) is 0 Å². The molecule has 0 radical (unpaired) electrons. The molecule has 1 aliphatic heterocycles. The van der Waals surface area contributed by atoms with Gasteiger partial charge in [-0.25, -0.2) is 4.70 Å². The summed E-state index contributed by atoms with van der Waals surface area (Å²) in [5, 5.41) is 0. The van der Waals surface area contributed by atoms with E-state index < -0.39 is 0 Å². The number of unbranched alkanes of at least 4 members (excludes halogenated alkanes) is 45. The maximum atomic E-state index is 12.0. The van der Waals surface area contributed by atoms with Gasteiger partial charge < -0.3 is 5.53 Å². The summed E-state index contributed by atoms with van der Waals surface area (Å²) in [6.45, 7) is 16.0. The Balaban J connectivity index is 0.000000582. The van der Waals surface area contributed by atoms with Crippen molar-refractivity contribution in [3.05, 3.63) is 87.0 Å². The topological polar surface area (TPSA) is 25.3 Å². The third kappa shape index (κ3) is 43.5. The Morgan fingerprint density at radius 3 is 0.788 bits per heavy atom. The minimum atomic E-state index is 0.960. The van der Waals surface area contributed by atoms with Crippen molar-refractivity contribution in [2.75, 3.05) is 0 Å². The Hall–Kier alpha value is -1.82. The van der Waals surface area contributed by atoms with Crippen LogP contribution in [0.25, 0.3) is 16.9 Å². The third-order valence-electron chi connectivity index (χ3n) is 18.5. The average Bonchev–Trinajstić information content (AvgIpc) is 4.14. The minimum absolute atomic E-state index is 0.960. The van der Waals surface area contributed by atoms with Crippen LogP contribution >= 0.6 is 0 Å². The van der Waals surface area contributed by atoms with Gasteiger partial charge in [0.15, 0.2) is 0 Å². The van der Waals surface area contributed by atoms with Crippen molar-refractivity contribution < 1.29 is 22.7 Å². The fourth-order valence-electron chi connectivity index (χ4n) is 12.9. The quantitative estimate of drug-likeness (QED) is 0.0358. The van der Waals surface area contributed by atoms with Crippen molar-refractivity contribution in [1.82, 2.24) is 0 Å². The van der Waals surface area contributed by atoms with E-state index in [0.29, 0.717) is 0 Å². The van der Waals surface area contributed by atoms with Gasteiger partial charge >= 0.3 is 169 Å². The predicted octanol–water partition coefficient (Wildman–Crippen LogP) is 29.4. The number of nitrogens with zero attached hydrogens (tertiary/aromatic N) is 2. The Bertz CT molecular complexity index is 1830. The second-order valence-corrected chi connectivity index (χ2v) is 29.3. The number of hydrogen-bond acceptors (Lipinski definition) is 0. The van der Waals surface area contributed by atoms with Crippen LogP contribution in [0.1, 0.15) is 422 Å². The summed E-state index contributed by atoms with van der Waals surface area (Å²) in [5.41, 5.74) is 23.4. The molecule has 3 rings (SSSR count). The SMILES string of the molecule is CCCCCCC1=C(c2cc(CCCC)cc(CCCCCC)c2)[N+](=[N-])C(c2cc(CCCC)cc(CCCCCC)c2)=C1.CCCCCCCCCCCCCCCCCCC[CH2][Pd][CH2]CCCCCCCCCCCCCCCCCCC. The first-order valence-electron chi connectivity index (χ1n) is 38.6. The molecule has 0 saturated heterocycles. The normalized spacial score (nSPS) is 12.5. The Morgan fingerprint density at radius 2 is 0.494 bits per heavy atom. The molecular weight excluding hydrogens is 1120 g/mol. The molecule has 494 valence electrons. The van der Waals surface area contributed by atoms with Crippen LogP contribution in [-0.2, 0) is 43.7 Å². The molecule has 1 heterocycles. The molecule has 0 aliphatic carbocycles. The summed E-state index contributed by atoms with van der Waals surface area (Å²) in [4.78, 5) is 3.10. The zero-order valence-corrected chi connectivity index (χ0v) is 60.0. The van der Waals surface area contributed by atoms with Gasteiger partial charge in [0.05, 0.1) is 0 Å². The van der Waals surface area contributed by atoms with E-state index in [1.165, 1.54) is 373 Å². The molecule has 85 heavy (non-hydrogen) atoms. The smallest absolute Gasteiger partial charge is 0.0654 e. The van der Waals surface area contributed by atoms with E-state index >= 15 is 0 Å². The van der Waals surface area contributed by atoms with Gasteiger partial charge in [0.2, 0.25) is 11.4 Å². The number of benzene rings is 2. The Kier molecular flexibility index (Phi) is 55.8. The second-order valence-electron chi connectivity index (χ2n) is 26.9. The Labute approximate surface area is 541 Å². The average molecular weight is 1270 g/mol. The molecule has 0 saturated carbocycles. The maximum absolute atomic E-state index is 12.0. The van der Waals surface area contributed by atoms with E-state index in [-0.39, 0.29) is 0 Å². The van der Waals surface area contributed by atoms with E-state index in [2.05, 4.69) is 90.9 Å². The molecule has 0 fully saturated rings. The van der Waals surface area contributed by atoms with E-state index in [4.69, 9.17) is 0 Å². The first kappa shape index (κ1) is 79.3. The second kappa shape index (κ2) is 59.8. The van der Waals surface area contributed by atoms with Crippen LogP contribution in [0.2, 0.25) is 9.79 Å². The van der Waals surface area contributed by atoms with Crippen LogP contribution in [-0.4, -0.2) is 4.70 Å². The van der Waals surface area contributed by atoms with Crippen molar-refractivity contribution in [1.29, 1.82) is 0 Å². The third-order valence-corrected chi connectivity index (χ3v) is 20.7. The molecule has 2 aromatic carbocycles. The van der Waals surface area contributed by atoms with Crippen LogP contribution in [0.4, 0.5) is 0 Å². The molecule has 0 aromatic heterocycles. The van der Waals surface area contributed by atoms with Crippen molar-refractivity contribution in [3.8, 4) is 0 Å². The van der Waals surface area contributed by atoms with Gasteiger partial charge in [-0.3, -0.25) is 0 Å². The van der Waals surface area contributed by atoms with Crippen LogP contribution in [0.15, 0.2) is 48.0 Å². The van der Waals surface area contributed by atoms with Crippen molar-refractivity contribution in [2.45, 2.75) is 424 Å². The molecule has 0 N–H and O–H groups in total. The zero-order valence-electron chi connectivity index (χ0n) is 58.5. The van der Waals surface area contributed by atoms with Gasteiger partial charge in [-0.1, -0.05) is 221 Å². The monoisotopic (exact) mass is 1270 g/mol. The van der Waals surface area contributed by atoms with Gasteiger partial charge in [-0.05, 0) is 111 Å². The van der Waals surface area contributed by atoms with Gasteiger partial charge in [0.1, 0.15) is 0 Å². The van der Waals surface area contributed by atoms with Gasteiger partial charge in [0.25, 0.3) is 0 Å². The minimum Gasteiger partial charge on any atom is -0.0654 e. The summed E-state index contributed by atoms with van der Waals surface area (Å²) < 4.78 is 1.56. The van der Waals surface area contributed by atoms with E-state index in [9.17, 15) is 5.53 Å². The number of allylic oxidation sites excluding steroid dienone is 2. The number of hydrogen-bond donors (Lipinski definition) is 0. The van der Waals surface area contributed by atoms with E-state index in [0.717, 1.165) is 61.5 Å². The molecular formula is C82H146N2Pd. The van der Waals surface area contributed by atoms with Gasteiger partial charge in [0, 0.05) is 22.8 Å². The summed E-state index contributed by atoms with van der Waals surface area (Å²) in [6.07, 6.45) is 81.3. The molecule has 2 aromatic rings. The van der Waals surface area contributed by atoms with Crippen LogP contribution in [0.3, 0.4) is 0 Å². The first-order valence-corrected chi connectivity index (χ1v) is 40.8. The fraction of sp³-hybridized carbons (Fsp3) is 0.805. The van der Waals surface area contributed by atoms with Crippen molar-refractivity contribution in [2.24, 2.45) is 0 Å². The fourth-order valence-corrected chi connectivity index (χ4v) is 14.8. The molecule has 0 atom stereocenters. The summed E-state index contributed by atoms with van der Waals surface area (Å²) >= 11 is 1.06. The van der Waals surface area contributed by atoms with Crippen LogP contribution < -0.4 is 0 Å². The summed E-state index contributed by atoms with van der Waals surface area (Å²) in [7, 11) is 0. The molecule has 0 spiro atoms. The number of aryl methyl sites for hydroxylation is 4. The first-order chi connectivity index (χ1) is 42.0.